The van der Waals surface area contributed by atoms with Crippen LogP contribution in [0.15, 0.2) is 0 Å². The number of ether oxygens (including phenoxy) is 4. The van der Waals surface area contributed by atoms with Crippen LogP contribution in [-0.2, 0) is 65.4 Å². The first-order valence-electron chi connectivity index (χ1n) is 38.6. The Kier molecular flexibility index (Phi) is 65.9. The maximum atomic E-state index is 13.1. The molecule has 0 saturated heterocycles. The number of carbonyl (C=O) groups is 4. The number of aliphatic hydroxyl groups is 1. The third kappa shape index (κ3) is 68.4. The molecule has 0 aromatic rings. The normalized spacial score (nSPS) is 14.0. The molecule has 17 nitrogen and oxygen atoms in total. The van der Waals surface area contributed by atoms with Crippen LogP contribution in [-0.4, -0.2) is 96.7 Å². The van der Waals surface area contributed by atoms with Crippen molar-refractivity contribution in [2.75, 3.05) is 39.6 Å². The molecule has 0 aliphatic heterocycles. The largest absolute Gasteiger partial charge is 0.472 e. The SMILES string of the molecule is CCCCCCCCCCCCCCCCCC(=O)OC[C@H](COP(=O)(O)OC[C@@H](O)COP(=O)(O)OC[C@@H](COC(=O)CCCCCCCCCC)OC(=O)CCCCCCCCCCC)OC(=O)CCCCCCCCCCCCCCCCCCCCC(C)C. The van der Waals surface area contributed by atoms with Crippen molar-refractivity contribution in [3.8, 4) is 0 Å². The van der Waals surface area contributed by atoms with E-state index in [1.54, 1.807) is 0 Å². The first-order chi connectivity index (χ1) is 45.0. The molecule has 0 aliphatic carbocycles. The Hall–Kier alpha value is -1.94. The van der Waals surface area contributed by atoms with Gasteiger partial charge in [0.25, 0.3) is 0 Å². The fourth-order valence-corrected chi connectivity index (χ4v) is 12.9. The lowest BCUT2D eigenvalue weighted by Crippen LogP contribution is -2.30. The van der Waals surface area contributed by atoms with Crippen LogP contribution < -0.4 is 0 Å². The van der Waals surface area contributed by atoms with E-state index in [4.69, 9.17) is 37.0 Å². The fraction of sp³-hybridized carbons (Fsp3) is 0.946. The highest BCUT2D eigenvalue weighted by Crippen LogP contribution is 2.45. The molecule has 0 spiro atoms. The van der Waals surface area contributed by atoms with Gasteiger partial charge in [0.2, 0.25) is 0 Å². The van der Waals surface area contributed by atoms with Crippen LogP contribution in [0.2, 0.25) is 0 Å². The summed E-state index contributed by atoms with van der Waals surface area (Å²) < 4.78 is 68.3. The zero-order chi connectivity index (χ0) is 68.4. The maximum Gasteiger partial charge on any atom is 0.472 e. The van der Waals surface area contributed by atoms with Gasteiger partial charge in [-0.15, -0.1) is 0 Å². The monoisotopic (exact) mass is 1370 g/mol. The van der Waals surface area contributed by atoms with Gasteiger partial charge in [0.15, 0.2) is 12.2 Å². The molecule has 0 rings (SSSR count). The Morgan fingerprint density at radius 2 is 0.495 bits per heavy atom. The zero-order valence-electron chi connectivity index (χ0n) is 60.4. The first kappa shape index (κ1) is 91.1. The predicted molar refractivity (Wildman–Crippen MR) is 377 cm³/mol. The van der Waals surface area contributed by atoms with E-state index < -0.39 is 97.5 Å². The molecule has 0 heterocycles. The summed E-state index contributed by atoms with van der Waals surface area (Å²) in [5.74, 6) is -1.30. The van der Waals surface area contributed by atoms with Crippen molar-refractivity contribution in [1.82, 2.24) is 0 Å². The van der Waals surface area contributed by atoms with E-state index >= 15 is 0 Å². The van der Waals surface area contributed by atoms with Crippen molar-refractivity contribution in [1.29, 1.82) is 0 Å². The number of phosphoric ester groups is 2. The van der Waals surface area contributed by atoms with Crippen LogP contribution in [0.25, 0.3) is 0 Å². The average molecular weight is 1370 g/mol. The number of aliphatic hydroxyl groups excluding tert-OH is 1. The van der Waals surface area contributed by atoms with Crippen molar-refractivity contribution in [2.45, 2.75) is 406 Å². The Labute approximate surface area is 568 Å². The maximum absolute atomic E-state index is 13.1. The van der Waals surface area contributed by atoms with E-state index in [1.165, 1.54) is 205 Å². The fourth-order valence-electron chi connectivity index (χ4n) is 11.4. The highest BCUT2D eigenvalue weighted by molar-refractivity contribution is 7.47. The predicted octanol–water partition coefficient (Wildman–Crippen LogP) is 21.7. The Bertz CT molecular complexity index is 1790. The topological polar surface area (TPSA) is 237 Å². The molecule has 552 valence electrons. The van der Waals surface area contributed by atoms with E-state index in [1.807, 2.05) is 0 Å². The van der Waals surface area contributed by atoms with Crippen LogP contribution in [0, 0.1) is 5.92 Å². The minimum atomic E-state index is -4.95. The van der Waals surface area contributed by atoms with Gasteiger partial charge >= 0.3 is 39.5 Å². The first-order valence-corrected chi connectivity index (χ1v) is 41.6. The van der Waals surface area contributed by atoms with E-state index in [-0.39, 0.29) is 25.7 Å². The van der Waals surface area contributed by atoms with Crippen molar-refractivity contribution in [2.24, 2.45) is 5.92 Å². The highest BCUT2D eigenvalue weighted by atomic mass is 31.2. The van der Waals surface area contributed by atoms with Crippen LogP contribution in [0.5, 0.6) is 0 Å². The van der Waals surface area contributed by atoms with Gasteiger partial charge in [-0.2, -0.15) is 0 Å². The number of rotatable bonds is 74. The zero-order valence-corrected chi connectivity index (χ0v) is 62.2. The summed E-state index contributed by atoms with van der Waals surface area (Å²) in [7, 11) is -9.90. The van der Waals surface area contributed by atoms with Crippen LogP contribution >= 0.6 is 15.6 Å². The summed E-state index contributed by atoms with van der Waals surface area (Å²) in [5, 5.41) is 10.6. The highest BCUT2D eigenvalue weighted by Gasteiger charge is 2.30. The number of unbranched alkanes of at least 4 members (excludes halogenated alkanes) is 46. The lowest BCUT2D eigenvalue weighted by atomic mass is 10.0. The molecular formula is C74H144O17P2. The number of esters is 4. The smallest absolute Gasteiger partial charge is 0.462 e. The molecule has 0 bridgehead atoms. The second kappa shape index (κ2) is 67.3. The molecule has 0 saturated carbocycles. The molecule has 5 atom stereocenters. The number of hydrogen-bond donors (Lipinski definition) is 3. The molecule has 0 radical (unpaired) electrons. The van der Waals surface area contributed by atoms with Crippen molar-refractivity contribution in [3.05, 3.63) is 0 Å². The van der Waals surface area contributed by atoms with Crippen LogP contribution in [0.3, 0.4) is 0 Å². The molecule has 0 aromatic carbocycles. The second-order valence-corrected chi connectivity index (χ2v) is 30.1. The Morgan fingerprint density at radius 3 is 0.731 bits per heavy atom. The van der Waals surface area contributed by atoms with Crippen molar-refractivity contribution < 1.29 is 80.2 Å². The lowest BCUT2D eigenvalue weighted by Gasteiger charge is -2.21. The van der Waals surface area contributed by atoms with E-state index in [0.717, 1.165) is 102 Å². The molecule has 0 fully saturated rings. The molecule has 19 heteroatoms. The van der Waals surface area contributed by atoms with Gasteiger partial charge in [-0.05, 0) is 31.6 Å². The number of hydrogen-bond acceptors (Lipinski definition) is 15. The van der Waals surface area contributed by atoms with Gasteiger partial charge in [-0.25, -0.2) is 9.13 Å². The molecule has 0 aliphatic rings. The van der Waals surface area contributed by atoms with Gasteiger partial charge in [0.1, 0.15) is 19.3 Å². The van der Waals surface area contributed by atoms with Crippen LogP contribution in [0.1, 0.15) is 388 Å². The van der Waals surface area contributed by atoms with Crippen LogP contribution in [0.4, 0.5) is 0 Å². The Balaban J connectivity index is 5.15. The van der Waals surface area contributed by atoms with Gasteiger partial charge in [-0.3, -0.25) is 37.3 Å². The Morgan fingerprint density at radius 1 is 0.290 bits per heavy atom. The lowest BCUT2D eigenvalue weighted by molar-refractivity contribution is -0.161. The van der Waals surface area contributed by atoms with E-state index in [9.17, 15) is 43.2 Å². The summed E-state index contributed by atoms with van der Waals surface area (Å²) in [6, 6.07) is 0. The summed E-state index contributed by atoms with van der Waals surface area (Å²) in [6.07, 6.45) is 55.6. The van der Waals surface area contributed by atoms with Gasteiger partial charge in [0, 0.05) is 25.7 Å². The third-order valence-corrected chi connectivity index (χ3v) is 19.2. The van der Waals surface area contributed by atoms with Crippen molar-refractivity contribution in [3.63, 3.8) is 0 Å². The summed E-state index contributed by atoms with van der Waals surface area (Å²) >= 11 is 0. The molecule has 2 unspecified atom stereocenters. The second-order valence-electron chi connectivity index (χ2n) is 27.2. The molecule has 93 heavy (non-hydrogen) atoms. The van der Waals surface area contributed by atoms with E-state index in [2.05, 4.69) is 34.6 Å². The van der Waals surface area contributed by atoms with E-state index in [0.29, 0.717) is 25.7 Å². The number of carbonyl (C=O) groups excluding carboxylic acids is 4. The van der Waals surface area contributed by atoms with Gasteiger partial charge in [-0.1, -0.05) is 336 Å². The molecule has 0 aromatic heterocycles. The van der Waals surface area contributed by atoms with Crippen molar-refractivity contribution >= 4 is 39.5 Å². The molecule has 0 amide bonds. The minimum absolute atomic E-state index is 0.106. The van der Waals surface area contributed by atoms with Gasteiger partial charge < -0.3 is 33.8 Å². The summed E-state index contributed by atoms with van der Waals surface area (Å²) in [5.41, 5.74) is 0. The summed E-state index contributed by atoms with van der Waals surface area (Å²) in [4.78, 5) is 72.5. The third-order valence-electron chi connectivity index (χ3n) is 17.3. The quantitative estimate of drug-likeness (QED) is 0.0222. The standard InChI is InChI=1S/C74H144O17P2/c1-6-9-12-15-18-21-22-23-28-32-35-39-43-48-53-58-72(77)85-64-70(91-74(79)60-55-50-45-40-36-33-30-27-25-24-26-29-31-34-38-41-46-51-56-67(4)5)66-89-93(82,83)87-62-68(75)61-86-92(80,81)88-65-69(63-84-71(76)57-52-47-42-20-17-14-11-8-3)90-73(78)59-54-49-44-37-19-16-13-10-7-2/h67-70,75H,6-66H2,1-5H3,(H,80,81)(H,82,83)/t68-,69+,70+/m0/s1. The van der Waals surface area contributed by atoms with Gasteiger partial charge in [0.05, 0.1) is 26.4 Å². The molecule has 3 N–H and O–H groups in total. The summed E-state index contributed by atoms with van der Waals surface area (Å²) in [6.45, 7) is 7.27. The average Bonchev–Trinajstić information content (AvgIpc) is 1.66. The number of phosphoric acid groups is 2. The molecular weight excluding hydrogens is 1220 g/mol. The minimum Gasteiger partial charge on any atom is -0.462 e.